The summed E-state index contributed by atoms with van der Waals surface area (Å²) in [5.41, 5.74) is 1.54. The lowest BCUT2D eigenvalue weighted by atomic mass is 9.87. The predicted octanol–water partition coefficient (Wildman–Crippen LogP) is 2.25. The van der Waals surface area contributed by atoms with Gasteiger partial charge < -0.3 is 0 Å². The minimum Gasteiger partial charge on any atom is -0.242 e. The molecule has 1 aliphatic carbocycles. The van der Waals surface area contributed by atoms with Crippen molar-refractivity contribution in [2.24, 2.45) is 0 Å². The number of hydrogen-bond donors (Lipinski definition) is 0. The molecule has 0 unspecified atom stereocenters. The Balaban J connectivity index is 2.50. The van der Waals surface area contributed by atoms with E-state index in [9.17, 15) is 4.39 Å². The topological polar surface area (TPSA) is 0 Å². The van der Waals surface area contributed by atoms with Crippen LogP contribution in [0.1, 0.15) is 18.7 Å². The molecule has 1 heteroatoms. The lowest BCUT2D eigenvalue weighted by Crippen LogP contribution is -2.11. The van der Waals surface area contributed by atoms with Crippen LogP contribution in [0.2, 0.25) is 0 Å². The standard InChI is InChI=1S/C8H7F/c9-8-5-6-3-1-2-4-7(6)8/h1-4,8H,5H2/t8-/m0/s1/i5D/t5-,8-. The zero-order valence-corrected chi connectivity index (χ0v) is 4.84. The Bertz CT molecular complexity index is 232. The van der Waals surface area contributed by atoms with Crippen molar-refractivity contribution in [3.63, 3.8) is 0 Å². The number of benzene rings is 1. The molecule has 2 rings (SSSR count). The van der Waals surface area contributed by atoms with Crippen LogP contribution in [0.15, 0.2) is 24.3 Å². The summed E-state index contributed by atoms with van der Waals surface area (Å²) >= 11 is 0. The third kappa shape index (κ3) is 0.576. The van der Waals surface area contributed by atoms with Crippen LogP contribution >= 0.6 is 0 Å². The minimum atomic E-state index is -1.05. The van der Waals surface area contributed by atoms with Gasteiger partial charge in [0.1, 0.15) is 6.17 Å². The van der Waals surface area contributed by atoms with E-state index in [1.165, 1.54) is 0 Å². The maximum atomic E-state index is 12.7. The van der Waals surface area contributed by atoms with E-state index < -0.39 is 12.6 Å². The van der Waals surface area contributed by atoms with Crippen molar-refractivity contribution in [2.75, 3.05) is 0 Å². The second-order valence-corrected chi connectivity index (χ2v) is 2.20. The molecule has 0 fully saturated rings. The van der Waals surface area contributed by atoms with Crippen molar-refractivity contribution >= 4 is 0 Å². The summed E-state index contributed by atoms with van der Waals surface area (Å²) in [6.07, 6.45) is -1.67. The van der Waals surface area contributed by atoms with E-state index in [1.54, 1.807) is 12.1 Å². The molecule has 0 saturated carbocycles. The molecule has 0 aliphatic heterocycles. The first-order valence-electron chi connectivity index (χ1n) is 3.53. The smallest absolute Gasteiger partial charge is 0.129 e. The molecule has 1 aromatic rings. The Labute approximate surface area is 54.7 Å². The fourth-order valence-corrected chi connectivity index (χ4v) is 1.07. The van der Waals surface area contributed by atoms with Crippen LogP contribution < -0.4 is 0 Å². The third-order valence-electron chi connectivity index (χ3n) is 1.62. The van der Waals surface area contributed by atoms with Gasteiger partial charge in [-0.1, -0.05) is 24.3 Å². The Hall–Kier alpha value is -0.850. The Morgan fingerprint density at radius 2 is 2.33 bits per heavy atom. The van der Waals surface area contributed by atoms with Crippen molar-refractivity contribution in [3.8, 4) is 0 Å². The summed E-state index contributed by atoms with van der Waals surface area (Å²) in [5, 5.41) is 0. The summed E-state index contributed by atoms with van der Waals surface area (Å²) in [6, 6.07) is 7.19. The van der Waals surface area contributed by atoms with E-state index in [1.807, 2.05) is 12.1 Å². The molecule has 1 aromatic carbocycles. The highest BCUT2D eigenvalue weighted by Crippen LogP contribution is 2.35. The Morgan fingerprint density at radius 3 is 3.11 bits per heavy atom. The molecule has 1 aliphatic rings. The molecule has 0 saturated heterocycles. The second-order valence-electron chi connectivity index (χ2n) is 2.20. The minimum absolute atomic E-state index is 0.629. The summed E-state index contributed by atoms with van der Waals surface area (Å²) in [7, 11) is 0. The molecule has 2 atom stereocenters. The molecule has 46 valence electrons. The average molecular weight is 123 g/mol. The first-order chi connectivity index (χ1) is 4.80. The van der Waals surface area contributed by atoms with E-state index in [4.69, 9.17) is 1.37 Å². The molecular formula is C8H7F. The van der Waals surface area contributed by atoms with Gasteiger partial charge in [-0.05, 0) is 11.1 Å². The van der Waals surface area contributed by atoms with Crippen LogP contribution in [0.3, 0.4) is 0 Å². The van der Waals surface area contributed by atoms with Crippen molar-refractivity contribution in [1.29, 1.82) is 0 Å². The number of halogens is 1. The molecule has 0 radical (unpaired) electrons. The molecule has 0 N–H and O–H groups in total. The highest BCUT2D eigenvalue weighted by molar-refractivity contribution is 5.37. The summed E-state index contributed by atoms with van der Waals surface area (Å²) in [6.45, 7) is 0. The summed E-state index contributed by atoms with van der Waals surface area (Å²) in [5.74, 6) is 0. The fourth-order valence-electron chi connectivity index (χ4n) is 1.07. The number of fused-ring (bicyclic) bond motifs is 1. The molecular weight excluding hydrogens is 115 g/mol. The molecule has 0 spiro atoms. The third-order valence-corrected chi connectivity index (χ3v) is 1.62. The van der Waals surface area contributed by atoms with Crippen LogP contribution in [0.5, 0.6) is 0 Å². The van der Waals surface area contributed by atoms with Gasteiger partial charge in [-0.15, -0.1) is 0 Å². The van der Waals surface area contributed by atoms with E-state index in [0.29, 0.717) is 5.56 Å². The molecule has 0 aromatic heterocycles. The van der Waals surface area contributed by atoms with E-state index in [0.717, 1.165) is 5.56 Å². The van der Waals surface area contributed by atoms with Gasteiger partial charge in [0.15, 0.2) is 0 Å². The number of rotatable bonds is 0. The monoisotopic (exact) mass is 123 g/mol. The SMILES string of the molecule is [2H][C@H]1c2ccccc2[C@H]1F. The second kappa shape index (κ2) is 1.56. The van der Waals surface area contributed by atoms with Gasteiger partial charge >= 0.3 is 0 Å². The van der Waals surface area contributed by atoms with E-state index in [2.05, 4.69) is 0 Å². The fraction of sp³-hybridized carbons (Fsp3) is 0.250. The first kappa shape index (κ1) is 4.04. The Morgan fingerprint density at radius 1 is 1.56 bits per heavy atom. The molecule has 0 bridgehead atoms. The highest BCUT2D eigenvalue weighted by Gasteiger charge is 2.23. The number of alkyl halides is 1. The van der Waals surface area contributed by atoms with Gasteiger partial charge in [-0.3, -0.25) is 0 Å². The summed E-state index contributed by atoms with van der Waals surface area (Å²) < 4.78 is 19.9. The van der Waals surface area contributed by atoms with Gasteiger partial charge in [0.2, 0.25) is 0 Å². The van der Waals surface area contributed by atoms with Crippen molar-refractivity contribution in [3.05, 3.63) is 35.4 Å². The van der Waals surface area contributed by atoms with Crippen molar-refractivity contribution in [1.82, 2.24) is 0 Å². The summed E-state index contributed by atoms with van der Waals surface area (Å²) in [4.78, 5) is 0. The number of hydrogen-bond acceptors (Lipinski definition) is 0. The maximum Gasteiger partial charge on any atom is 0.129 e. The van der Waals surface area contributed by atoms with Gasteiger partial charge in [-0.25, -0.2) is 4.39 Å². The van der Waals surface area contributed by atoms with Crippen LogP contribution in [0, 0.1) is 0 Å². The largest absolute Gasteiger partial charge is 0.242 e. The van der Waals surface area contributed by atoms with Crippen LogP contribution in [-0.2, 0) is 6.40 Å². The zero-order valence-electron chi connectivity index (χ0n) is 5.84. The van der Waals surface area contributed by atoms with Crippen molar-refractivity contribution < 1.29 is 5.76 Å². The highest BCUT2D eigenvalue weighted by atomic mass is 19.1. The van der Waals surface area contributed by atoms with Crippen molar-refractivity contribution in [2.45, 2.75) is 12.6 Å². The first-order valence-corrected chi connectivity index (χ1v) is 2.96. The predicted molar refractivity (Wildman–Crippen MR) is 34.0 cm³/mol. The van der Waals surface area contributed by atoms with Gasteiger partial charge in [0.25, 0.3) is 0 Å². The molecule has 0 nitrogen and oxygen atoms in total. The lowest BCUT2D eigenvalue weighted by molar-refractivity contribution is 0.306. The molecule has 0 heterocycles. The van der Waals surface area contributed by atoms with Gasteiger partial charge in [0, 0.05) is 7.77 Å². The average Bonchev–Trinajstić information content (AvgIpc) is 2.03. The maximum absolute atomic E-state index is 12.7. The van der Waals surface area contributed by atoms with E-state index >= 15 is 0 Å². The van der Waals surface area contributed by atoms with Gasteiger partial charge in [-0.2, -0.15) is 0 Å². The zero-order chi connectivity index (χ0) is 7.14. The van der Waals surface area contributed by atoms with Gasteiger partial charge in [0.05, 0.1) is 0 Å². The van der Waals surface area contributed by atoms with E-state index in [-0.39, 0.29) is 0 Å². The Kier molecular flexibility index (Phi) is 0.703. The normalized spacial score (nSPS) is 32.3. The van der Waals surface area contributed by atoms with Crippen LogP contribution in [0.25, 0.3) is 0 Å². The quantitative estimate of drug-likeness (QED) is 0.496. The lowest BCUT2D eigenvalue weighted by Gasteiger charge is -2.22. The van der Waals surface area contributed by atoms with Crippen LogP contribution in [-0.4, -0.2) is 0 Å². The van der Waals surface area contributed by atoms with Crippen LogP contribution in [0.4, 0.5) is 4.39 Å². The molecule has 0 amide bonds. The molecule has 9 heavy (non-hydrogen) atoms.